The average Bonchev–Trinajstić information content (AvgIpc) is 3.04. The van der Waals surface area contributed by atoms with Crippen LogP contribution < -0.4 is 22.5 Å². The van der Waals surface area contributed by atoms with Gasteiger partial charge >= 0.3 is 5.69 Å². The highest BCUT2D eigenvalue weighted by atomic mass is 32.1. The van der Waals surface area contributed by atoms with Gasteiger partial charge in [-0.05, 0) is 36.7 Å². The van der Waals surface area contributed by atoms with Gasteiger partial charge in [-0.2, -0.15) is 4.98 Å². The van der Waals surface area contributed by atoms with Crippen molar-refractivity contribution in [2.24, 2.45) is 16.5 Å². The minimum atomic E-state index is -0.335. The molecule has 3 aromatic rings. The van der Waals surface area contributed by atoms with Crippen LogP contribution in [0.5, 0.6) is 0 Å². The smallest absolute Gasteiger partial charge is 0.354 e. The van der Waals surface area contributed by atoms with E-state index in [1.807, 2.05) is 44.2 Å². The molecule has 0 spiro atoms. The number of aromatic amines is 1. The minimum Gasteiger partial charge on any atom is -0.370 e. The molecule has 0 aliphatic rings. The fourth-order valence-corrected chi connectivity index (χ4v) is 2.83. The summed E-state index contributed by atoms with van der Waals surface area (Å²) in [4.78, 5) is 23.1. The normalized spacial score (nSPS) is 10.4. The van der Waals surface area contributed by atoms with E-state index in [9.17, 15) is 4.79 Å². The van der Waals surface area contributed by atoms with Crippen molar-refractivity contribution >= 4 is 29.6 Å². The van der Waals surface area contributed by atoms with E-state index in [2.05, 4.69) is 32.9 Å². The Hall–Kier alpha value is -2.78. The third-order valence-electron chi connectivity index (χ3n) is 3.84. The Balaban J connectivity index is 0.00000136. The maximum absolute atomic E-state index is 12.2. The van der Waals surface area contributed by atoms with Crippen molar-refractivity contribution in [1.82, 2.24) is 19.9 Å². The second-order valence-corrected chi connectivity index (χ2v) is 6.34. The summed E-state index contributed by atoms with van der Waals surface area (Å²) in [6.45, 7) is 6.16. The summed E-state index contributed by atoms with van der Waals surface area (Å²) in [5, 5.41) is 4.84. The van der Waals surface area contributed by atoms with Crippen LogP contribution in [0.25, 0.3) is 16.7 Å². The van der Waals surface area contributed by atoms with Gasteiger partial charge in [0.1, 0.15) is 5.65 Å². The van der Waals surface area contributed by atoms with Crippen LogP contribution >= 0.6 is 12.6 Å². The molecule has 0 aliphatic carbocycles. The molecule has 3 rings (SSSR count). The third-order valence-corrected chi connectivity index (χ3v) is 4.08. The number of benzene rings is 1. The Kier molecular flexibility index (Phi) is 8.09. The summed E-state index contributed by atoms with van der Waals surface area (Å²) >= 11 is 4.24. The molecule has 0 saturated carbocycles. The van der Waals surface area contributed by atoms with Crippen LogP contribution in [0.4, 0.5) is 0 Å². The number of hydrogen-bond donors (Lipinski definition) is 5. The lowest BCUT2D eigenvalue weighted by Crippen LogP contribution is -2.23. The standard InChI is InChI=1S/C17H21N7OS.C2H6/c18-16(19)21-7-1-6-20-9-11-2-4-13(5-3-11)24-10-12-8-14(26)22-15(12)23-17(24)25;1-2/h2-5,8,10,20,26H,1,6-7,9H2,(H4,18,19,21)(H,22,23,25);1-2H3. The lowest BCUT2D eigenvalue weighted by Gasteiger charge is -2.08. The first-order valence-electron chi connectivity index (χ1n) is 9.20. The number of nitrogens with zero attached hydrogens (tertiary/aromatic N) is 3. The highest BCUT2D eigenvalue weighted by Gasteiger charge is 2.06. The highest BCUT2D eigenvalue weighted by Crippen LogP contribution is 2.15. The van der Waals surface area contributed by atoms with Crippen LogP contribution in [0, 0.1) is 0 Å². The van der Waals surface area contributed by atoms with Gasteiger partial charge in [-0.15, -0.1) is 12.6 Å². The van der Waals surface area contributed by atoms with E-state index >= 15 is 0 Å². The zero-order valence-corrected chi connectivity index (χ0v) is 17.0. The average molecular weight is 402 g/mol. The molecule has 6 N–H and O–H groups in total. The molecule has 0 bridgehead atoms. The van der Waals surface area contributed by atoms with Crippen LogP contribution in [0.1, 0.15) is 25.8 Å². The summed E-state index contributed by atoms with van der Waals surface area (Å²) in [6.07, 6.45) is 2.62. The predicted octanol–water partition coefficient (Wildman–Crippen LogP) is 1.78. The minimum absolute atomic E-state index is 0.119. The molecule has 0 fully saturated rings. The molecule has 1 aromatic carbocycles. The molecule has 0 saturated heterocycles. The van der Waals surface area contributed by atoms with Gasteiger partial charge in [0.15, 0.2) is 5.96 Å². The van der Waals surface area contributed by atoms with E-state index in [1.54, 1.807) is 6.20 Å². The topological polar surface area (TPSA) is 127 Å². The summed E-state index contributed by atoms with van der Waals surface area (Å²) in [5.41, 5.74) is 12.6. The molecular formula is C19H27N7OS. The Labute approximate surface area is 169 Å². The van der Waals surface area contributed by atoms with Gasteiger partial charge in [0, 0.05) is 24.7 Å². The number of H-pyrrole nitrogens is 1. The van der Waals surface area contributed by atoms with E-state index < -0.39 is 0 Å². The summed E-state index contributed by atoms with van der Waals surface area (Å²) in [7, 11) is 0. The Bertz CT molecular complexity index is 972. The van der Waals surface area contributed by atoms with Crippen LogP contribution in [0.2, 0.25) is 0 Å². The van der Waals surface area contributed by atoms with Crippen LogP contribution in [-0.4, -0.2) is 33.6 Å². The number of aromatic nitrogens is 3. The van der Waals surface area contributed by atoms with Gasteiger partial charge < -0.3 is 21.8 Å². The molecule has 28 heavy (non-hydrogen) atoms. The van der Waals surface area contributed by atoms with Gasteiger partial charge in [0.25, 0.3) is 0 Å². The number of guanidine groups is 1. The molecule has 150 valence electrons. The lowest BCUT2D eigenvalue weighted by atomic mass is 10.2. The van der Waals surface area contributed by atoms with Crippen molar-refractivity contribution in [1.29, 1.82) is 0 Å². The summed E-state index contributed by atoms with van der Waals surface area (Å²) < 4.78 is 1.52. The van der Waals surface area contributed by atoms with Crippen molar-refractivity contribution in [3.63, 3.8) is 0 Å². The van der Waals surface area contributed by atoms with Crippen LogP contribution in [0.15, 0.2) is 51.3 Å². The van der Waals surface area contributed by atoms with Gasteiger partial charge in [-0.25, -0.2) is 4.79 Å². The van der Waals surface area contributed by atoms with E-state index in [0.717, 1.165) is 36.1 Å². The molecule has 0 unspecified atom stereocenters. The van der Waals surface area contributed by atoms with E-state index in [-0.39, 0.29) is 11.6 Å². The lowest BCUT2D eigenvalue weighted by molar-refractivity contribution is 0.655. The molecule has 8 nitrogen and oxygen atoms in total. The first-order valence-corrected chi connectivity index (χ1v) is 9.64. The maximum Gasteiger partial charge on any atom is 0.354 e. The number of thiol groups is 1. The maximum atomic E-state index is 12.2. The fourth-order valence-electron chi connectivity index (χ4n) is 2.58. The number of nitrogens with two attached hydrogens (primary N) is 2. The number of aliphatic imine (C=N–C) groups is 1. The van der Waals surface area contributed by atoms with Crippen molar-refractivity contribution in [2.75, 3.05) is 13.1 Å². The Morgan fingerprint density at radius 3 is 2.68 bits per heavy atom. The van der Waals surface area contributed by atoms with Crippen molar-refractivity contribution < 1.29 is 0 Å². The summed E-state index contributed by atoms with van der Waals surface area (Å²) in [6, 6.07) is 9.60. The van der Waals surface area contributed by atoms with E-state index in [4.69, 9.17) is 11.5 Å². The molecule has 0 radical (unpaired) electrons. The highest BCUT2D eigenvalue weighted by molar-refractivity contribution is 7.80. The second kappa shape index (κ2) is 10.5. The zero-order valence-electron chi connectivity index (χ0n) is 16.1. The largest absolute Gasteiger partial charge is 0.370 e. The fraction of sp³-hybridized carbons (Fsp3) is 0.316. The number of nitrogens with one attached hydrogen (secondary N) is 2. The van der Waals surface area contributed by atoms with Gasteiger partial charge in [-0.3, -0.25) is 9.56 Å². The molecule has 9 heteroatoms. The predicted molar refractivity (Wildman–Crippen MR) is 117 cm³/mol. The Morgan fingerprint density at radius 2 is 2.00 bits per heavy atom. The van der Waals surface area contributed by atoms with E-state index in [1.165, 1.54) is 4.57 Å². The molecule has 2 aromatic heterocycles. The molecule has 0 amide bonds. The Morgan fingerprint density at radius 1 is 1.29 bits per heavy atom. The summed E-state index contributed by atoms with van der Waals surface area (Å²) in [5.74, 6) is 0.119. The van der Waals surface area contributed by atoms with Gasteiger partial charge in [-0.1, -0.05) is 26.0 Å². The SMILES string of the molecule is CC.NC(N)=NCCCNCc1ccc(-n2cc3cc(S)[nH]c3nc2=O)cc1. The molecule has 0 aliphatic heterocycles. The number of hydrogen-bond acceptors (Lipinski definition) is 5. The van der Waals surface area contributed by atoms with Gasteiger partial charge in [0.2, 0.25) is 0 Å². The van der Waals surface area contributed by atoms with E-state index in [0.29, 0.717) is 17.2 Å². The van der Waals surface area contributed by atoms with Crippen LogP contribution in [-0.2, 0) is 6.54 Å². The van der Waals surface area contributed by atoms with Crippen molar-refractivity contribution in [3.05, 3.63) is 52.6 Å². The number of rotatable bonds is 7. The quantitative estimate of drug-likeness (QED) is 0.178. The first-order chi connectivity index (χ1) is 13.5. The number of fused-ring (bicyclic) bond motifs is 1. The molecule has 0 atom stereocenters. The molecular weight excluding hydrogens is 374 g/mol. The van der Waals surface area contributed by atoms with Gasteiger partial charge in [0.05, 0.1) is 10.7 Å². The molecule has 2 heterocycles. The third kappa shape index (κ3) is 5.86. The van der Waals surface area contributed by atoms with Crippen molar-refractivity contribution in [2.45, 2.75) is 31.8 Å². The second-order valence-electron chi connectivity index (χ2n) is 5.86. The monoisotopic (exact) mass is 401 g/mol. The van der Waals surface area contributed by atoms with Crippen molar-refractivity contribution in [3.8, 4) is 5.69 Å². The zero-order chi connectivity index (χ0) is 20.5. The first kappa shape index (κ1) is 21.5. The van der Waals surface area contributed by atoms with Crippen LogP contribution in [0.3, 0.4) is 0 Å².